The summed E-state index contributed by atoms with van der Waals surface area (Å²) < 4.78 is 6.32. The van der Waals surface area contributed by atoms with Gasteiger partial charge < -0.3 is 15.0 Å². The molecule has 1 aromatic heterocycles. The van der Waals surface area contributed by atoms with Crippen LogP contribution in [0.25, 0.3) is 0 Å². The third kappa shape index (κ3) is 4.73. The van der Waals surface area contributed by atoms with Gasteiger partial charge in [0.1, 0.15) is 5.82 Å². The van der Waals surface area contributed by atoms with Crippen molar-refractivity contribution >= 4 is 33.7 Å². The highest BCUT2D eigenvalue weighted by Gasteiger charge is 2.31. The third-order valence-electron chi connectivity index (χ3n) is 4.93. The molecule has 7 nitrogen and oxygen atoms in total. The molecule has 1 N–H and O–H groups in total. The monoisotopic (exact) mass is 424 g/mol. The number of aromatic nitrogens is 1. The van der Waals surface area contributed by atoms with E-state index in [2.05, 4.69) is 26.2 Å². The fourth-order valence-corrected chi connectivity index (χ4v) is 3.65. The first-order chi connectivity index (χ1) is 12.5. The van der Waals surface area contributed by atoms with Crippen molar-refractivity contribution in [2.75, 3.05) is 37.7 Å². The molecule has 2 fully saturated rings. The molecule has 0 saturated carbocycles. The molecule has 8 heteroatoms. The van der Waals surface area contributed by atoms with Gasteiger partial charge in [-0.2, -0.15) is 0 Å². The highest BCUT2D eigenvalue weighted by molar-refractivity contribution is 9.10. The average molecular weight is 425 g/mol. The summed E-state index contributed by atoms with van der Waals surface area (Å²) in [7, 11) is 0. The summed E-state index contributed by atoms with van der Waals surface area (Å²) >= 11 is 3.39. The molecule has 2 saturated heterocycles. The predicted octanol–water partition coefficient (Wildman–Crippen LogP) is 2.41. The van der Waals surface area contributed by atoms with Gasteiger partial charge in [-0.05, 0) is 53.7 Å². The van der Waals surface area contributed by atoms with Crippen LogP contribution in [0.2, 0.25) is 0 Å². The number of anilines is 1. The van der Waals surface area contributed by atoms with Gasteiger partial charge >= 0.3 is 6.03 Å². The predicted molar refractivity (Wildman–Crippen MR) is 102 cm³/mol. The van der Waals surface area contributed by atoms with Crippen molar-refractivity contribution in [3.8, 4) is 0 Å². The van der Waals surface area contributed by atoms with Gasteiger partial charge in [0.05, 0.1) is 0 Å². The first-order valence-corrected chi connectivity index (χ1v) is 9.88. The van der Waals surface area contributed by atoms with Gasteiger partial charge in [0.15, 0.2) is 0 Å². The molecule has 0 aromatic carbocycles. The number of hydrogen-bond acceptors (Lipinski definition) is 4. The second kappa shape index (κ2) is 8.81. The van der Waals surface area contributed by atoms with E-state index < -0.39 is 0 Å². The van der Waals surface area contributed by atoms with E-state index in [0.717, 1.165) is 30.5 Å². The van der Waals surface area contributed by atoms with Crippen LogP contribution in [-0.2, 0) is 9.53 Å². The molecule has 0 radical (unpaired) electrons. The van der Waals surface area contributed by atoms with E-state index >= 15 is 0 Å². The molecule has 2 aliphatic rings. The summed E-state index contributed by atoms with van der Waals surface area (Å²) in [4.78, 5) is 33.1. The number of nitrogens with zero attached hydrogens (tertiary/aromatic N) is 3. The van der Waals surface area contributed by atoms with Gasteiger partial charge in [0.25, 0.3) is 0 Å². The van der Waals surface area contributed by atoms with Gasteiger partial charge in [0, 0.05) is 56.0 Å². The Morgan fingerprint density at radius 3 is 2.88 bits per heavy atom. The molecule has 1 aromatic rings. The lowest BCUT2D eigenvalue weighted by atomic mass is 10.00. The molecule has 0 bridgehead atoms. The second-order valence-corrected chi connectivity index (χ2v) is 7.80. The number of ether oxygens (including phenoxy) is 1. The Morgan fingerprint density at radius 2 is 2.19 bits per heavy atom. The van der Waals surface area contributed by atoms with Crippen molar-refractivity contribution < 1.29 is 14.3 Å². The van der Waals surface area contributed by atoms with E-state index in [4.69, 9.17) is 4.74 Å². The summed E-state index contributed by atoms with van der Waals surface area (Å²) in [5, 5.41) is 2.84. The van der Waals surface area contributed by atoms with Crippen LogP contribution in [0.1, 0.15) is 26.2 Å². The largest absolute Gasteiger partial charge is 0.381 e. The Morgan fingerprint density at radius 1 is 1.42 bits per heavy atom. The summed E-state index contributed by atoms with van der Waals surface area (Å²) in [5.41, 5.74) is 0. The smallest absolute Gasteiger partial charge is 0.325 e. The van der Waals surface area contributed by atoms with Crippen molar-refractivity contribution in [3.63, 3.8) is 0 Å². The minimum atomic E-state index is -0.141. The minimum absolute atomic E-state index is 0.00875. The van der Waals surface area contributed by atoms with E-state index in [1.54, 1.807) is 16.0 Å². The zero-order valence-electron chi connectivity index (χ0n) is 15.0. The van der Waals surface area contributed by atoms with Gasteiger partial charge in [-0.3, -0.25) is 9.69 Å². The fraction of sp³-hybridized carbons (Fsp3) is 0.611. The number of halogens is 1. The van der Waals surface area contributed by atoms with E-state index in [0.29, 0.717) is 37.8 Å². The van der Waals surface area contributed by atoms with Crippen molar-refractivity contribution in [1.82, 2.24) is 15.2 Å². The normalized spacial score (nSPS) is 21.8. The maximum Gasteiger partial charge on any atom is 0.325 e. The van der Waals surface area contributed by atoms with Crippen molar-refractivity contribution in [2.24, 2.45) is 5.92 Å². The van der Waals surface area contributed by atoms with Crippen molar-refractivity contribution in [2.45, 2.75) is 32.2 Å². The summed E-state index contributed by atoms with van der Waals surface area (Å²) in [6.45, 7) is 4.99. The number of nitrogens with one attached hydrogen (secondary N) is 1. The molecule has 2 aliphatic heterocycles. The quantitative estimate of drug-likeness (QED) is 0.807. The van der Waals surface area contributed by atoms with Crippen LogP contribution in [0.5, 0.6) is 0 Å². The first-order valence-electron chi connectivity index (χ1n) is 9.08. The van der Waals surface area contributed by atoms with Gasteiger partial charge in [0.2, 0.25) is 5.91 Å². The lowest BCUT2D eigenvalue weighted by Crippen LogP contribution is -2.50. The Labute approximate surface area is 162 Å². The molecule has 1 unspecified atom stereocenters. The number of pyridine rings is 1. The zero-order chi connectivity index (χ0) is 18.5. The van der Waals surface area contributed by atoms with Gasteiger partial charge in [-0.25, -0.2) is 9.78 Å². The number of hydrogen-bond donors (Lipinski definition) is 1. The molecule has 3 amide bonds. The van der Waals surface area contributed by atoms with Gasteiger partial charge in [-0.1, -0.05) is 0 Å². The topological polar surface area (TPSA) is 74.8 Å². The molecular weight excluding hydrogens is 400 g/mol. The summed E-state index contributed by atoms with van der Waals surface area (Å²) in [6, 6.07) is 3.52. The van der Waals surface area contributed by atoms with Crippen molar-refractivity contribution in [3.05, 3.63) is 22.8 Å². The fourth-order valence-electron chi connectivity index (χ4n) is 3.41. The highest BCUT2D eigenvalue weighted by Crippen LogP contribution is 2.23. The Balaban J connectivity index is 1.82. The maximum absolute atomic E-state index is 13.4. The van der Waals surface area contributed by atoms with E-state index in [-0.39, 0.29) is 18.0 Å². The van der Waals surface area contributed by atoms with Crippen LogP contribution >= 0.6 is 15.9 Å². The Hall–Kier alpha value is -1.67. The van der Waals surface area contributed by atoms with Crippen LogP contribution in [0.15, 0.2) is 22.8 Å². The third-order valence-corrected chi connectivity index (χ3v) is 5.40. The van der Waals surface area contributed by atoms with E-state index in [9.17, 15) is 9.59 Å². The van der Waals surface area contributed by atoms with Crippen molar-refractivity contribution in [1.29, 1.82) is 0 Å². The van der Waals surface area contributed by atoms with Crippen LogP contribution in [0, 0.1) is 5.92 Å². The first kappa shape index (κ1) is 19.1. The number of carbonyl (C=O) groups excluding carboxylic acids is 2. The van der Waals surface area contributed by atoms with E-state index in [1.165, 1.54) is 0 Å². The highest BCUT2D eigenvalue weighted by atomic mass is 79.9. The molecule has 3 heterocycles. The number of urea groups is 1. The minimum Gasteiger partial charge on any atom is -0.381 e. The number of amides is 3. The van der Waals surface area contributed by atoms with Gasteiger partial charge in [-0.15, -0.1) is 0 Å². The molecule has 1 atom stereocenters. The van der Waals surface area contributed by atoms with Crippen LogP contribution in [-0.4, -0.2) is 60.7 Å². The molecule has 3 rings (SSSR count). The summed E-state index contributed by atoms with van der Waals surface area (Å²) in [5.74, 6) is 1.02. The lowest BCUT2D eigenvalue weighted by molar-refractivity contribution is -0.121. The van der Waals surface area contributed by atoms with Crippen LogP contribution in [0.3, 0.4) is 0 Å². The standard InChI is InChI=1S/C18H25BrN4O3/c1-13-10-17(24)20-6-7-22(13)18(25)23(12-14-4-8-26-9-5-14)16-3-2-15(19)11-21-16/h2-3,11,13-14H,4-10,12H2,1H3,(H,20,24). The molecule has 0 spiro atoms. The molecule has 26 heavy (non-hydrogen) atoms. The number of rotatable bonds is 3. The summed E-state index contributed by atoms with van der Waals surface area (Å²) in [6.07, 6.45) is 3.91. The lowest BCUT2D eigenvalue weighted by Gasteiger charge is -2.35. The second-order valence-electron chi connectivity index (χ2n) is 6.88. The van der Waals surface area contributed by atoms with E-state index in [1.807, 2.05) is 19.1 Å². The maximum atomic E-state index is 13.4. The van der Waals surface area contributed by atoms with Crippen LogP contribution in [0.4, 0.5) is 10.6 Å². The Kier molecular flexibility index (Phi) is 6.48. The zero-order valence-corrected chi connectivity index (χ0v) is 16.6. The number of carbonyl (C=O) groups is 2. The van der Waals surface area contributed by atoms with Crippen LogP contribution < -0.4 is 10.2 Å². The molecular formula is C18H25BrN4O3. The SMILES string of the molecule is CC1CC(=O)NCCN1C(=O)N(CC1CCOCC1)c1ccc(Br)cn1. The average Bonchev–Trinajstić information content (AvgIpc) is 2.81. The Bertz CT molecular complexity index is 634. The molecule has 142 valence electrons. The molecule has 0 aliphatic carbocycles.